The van der Waals surface area contributed by atoms with Gasteiger partial charge in [0.2, 0.25) is 17.6 Å². The van der Waals surface area contributed by atoms with E-state index in [0.29, 0.717) is 24.9 Å². The number of nitrogens with two attached hydrogens (primary N) is 1. The molecule has 2 atom stereocenters. The third-order valence-electron chi connectivity index (χ3n) is 4.36. The molecule has 1 aliphatic rings. The van der Waals surface area contributed by atoms with Gasteiger partial charge in [0.25, 0.3) is 0 Å². The van der Waals surface area contributed by atoms with Crippen LogP contribution in [0.3, 0.4) is 0 Å². The first-order valence-corrected chi connectivity index (χ1v) is 8.43. The van der Waals surface area contributed by atoms with Gasteiger partial charge in [0.05, 0.1) is 10.6 Å². The van der Waals surface area contributed by atoms with Crippen LogP contribution < -0.4 is 16.0 Å². The van der Waals surface area contributed by atoms with E-state index in [4.69, 9.17) is 5.73 Å². The molecule has 1 aliphatic heterocycles. The van der Waals surface area contributed by atoms with Crippen LogP contribution in [0.5, 0.6) is 0 Å². The summed E-state index contributed by atoms with van der Waals surface area (Å²) in [6, 6.07) is 6.05. The first-order valence-electron chi connectivity index (χ1n) is 8.43. The lowest BCUT2D eigenvalue weighted by Gasteiger charge is -2.35. The Labute approximate surface area is 150 Å². The van der Waals surface area contributed by atoms with Crippen molar-refractivity contribution in [1.29, 1.82) is 0 Å². The number of nitrogens with zero attached hydrogens (tertiary/aromatic N) is 4. The lowest BCUT2D eigenvalue weighted by Crippen LogP contribution is -2.39. The quantitative estimate of drug-likeness (QED) is 0.635. The molecule has 0 aliphatic carbocycles. The Balaban J connectivity index is 2.02. The summed E-state index contributed by atoms with van der Waals surface area (Å²) >= 11 is 0. The normalized spacial score (nSPS) is 20.0. The monoisotopic (exact) mass is 360 g/mol. The van der Waals surface area contributed by atoms with Gasteiger partial charge >= 0.3 is 5.69 Å². The molecule has 1 aromatic heterocycles. The number of benzene rings is 1. The predicted molar refractivity (Wildman–Crippen MR) is 97.9 cm³/mol. The van der Waals surface area contributed by atoms with E-state index in [-0.39, 0.29) is 29.0 Å². The van der Waals surface area contributed by atoms with Gasteiger partial charge in [-0.1, -0.05) is 26.0 Å². The van der Waals surface area contributed by atoms with Gasteiger partial charge in [-0.05, 0) is 30.4 Å². The molecule has 9 heteroatoms. The second-order valence-corrected chi connectivity index (χ2v) is 6.82. The number of hydrogen-bond donors (Lipinski definition) is 2. The molecule has 3 rings (SSSR count). The Kier molecular flexibility index (Phi) is 4.88. The highest BCUT2D eigenvalue weighted by Crippen LogP contribution is 2.36. The van der Waals surface area contributed by atoms with E-state index in [0.717, 1.165) is 6.42 Å². The number of nitrogen functional groups attached to an aromatic ring is 1. The number of hydrogen-bond acceptors (Lipinski definition) is 7. The van der Waals surface area contributed by atoms with E-state index < -0.39 is 10.7 Å². The van der Waals surface area contributed by atoms with Crippen LogP contribution in [0, 0.1) is 27.8 Å². The Morgan fingerprint density at radius 2 is 1.92 bits per heavy atom. The molecule has 0 amide bonds. The van der Waals surface area contributed by atoms with Gasteiger partial charge in [0, 0.05) is 13.1 Å². The summed E-state index contributed by atoms with van der Waals surface area (Å²) in [5, 5.41) is 14.3. The molecule has 2 heterocycles. The maximum atomic E-state index is 13.9. The molecule has 0 bridgehead atoms. The second-order valence-electron chi connectivity index (χ2n) is 6.82. The summed E-state index contributed by atoms with van der Waals surface area (Å²) < 4.78 is 13.9. The molecule has 0 saturated carbocycles. The third kappa shape index (κ3) is 3.66. The average Bonchev–Trinajstić information content (AvgIpc) is 2.55. The number of rotatable bonds is 4. The molecule has 8 nitrogen and oxygen atoms in total. The molecule has 1 aromatic carbocycles. The van der Waals surface area contributed by atoms with Crippen molar-refractivity contribution >= 4 is 29.0 Å². The smallest absolute Gasteiger partial charge is 0.353 e. The molecule has 3 N–H and O–H groups in total. The average molecular weight is 360 g/mol. The van der Waals surface area contributed by atoms with E-state index in [1.807, 2.05) is 4.90 Å². The predicted octanol–water partition coefficient (Wildman–Crippen LogP) is 3.33. The Morgan fingerprint density at radius 1 is 1.27 bits per heavy atom. The van der Waals surface area contributed by atoms with Gasteiger partial charge in [0.1, 0.15) is 5.82 Å². The fourth-order valence-electron chi connectivity index (χ4n) is 3.43. The molecule has 0 unspecified atom stereocenters. The van der Waals surface area contributed by atoms with E-state index in [2.05, 4.69) is 29.1 Å². The standard InChI is InChI=1S/C17H21FN6O2/c1-10-7-11(2)9-23(8-10)16-14(24(25)26)15(19)21-17(22-16)20-13-6-4-3-5-12(13)18/h3-6,10-11H,7-9H2,1-2H3,(H3,19,20,21,22)/t10-,11+. The van der Waals surface area contributed by atoms with Crippen LogP contribution in [0.25, 0.3) is 0 Å². The fourth-order valence-corrected chi connectivity index (χ4v) is 3.43. The van der Waals surface area contributed by atoms with Crippen molar-refractivity contribution < 1.29 is 9.31 Å². The SMILES string of the molecule is C[C@@H]1C[C@H](C)CN(c2nc(Nc3ccccc3F)nc(N)c2[N+](=O)[O-])C1. The van der Waals surface area contributed by atoms with Crippen molar-refractivity contribution in [1.82, 2.24) is 9.97 Å². The zero-order valence-corrected chi connectivity index (χ0v) is 14.6. The van der Waals surface area contributed by atoms with E-state index in [1.165, 1.54) is 12.1 Å². The Hall–Kier alpha value is -2.97. The van der Waals surface area contributed by atoms with Gasteiger partial charge in [-0.3, -0.25) is 10.1 Å². The number of aromatic nitrogens is 2. The molecule has 1 fully saturated rings. The lowest BCUT2D eigenvalue weighted by atomic mass is 9.92. The summed E-state index contributed by atoms with van der Waals surface area (Å²) in [7, 11) is 0. The highest BCUT2D eigenvalue weighted by atomic mass is 19.1. The number of nitrogens with one attached hydrogen (secondary N) is 1. The summed E-state index contributed by atoms with van der Waals surface area (Å²) in [6.45, 7) is 5.47. The fraction of sp³-hybridized carbons (Fsp3) is 0.412. The van der Waals surface area contributed by atoms with E-state index >= 15 is 0 Å². The van der Waals surface area contributed by atoms with Crippen LogP contribution in [-0.4, -0.2) is 28.0 Å². The van der Waals surface area contributed by atoms with Crippen LogP contribution in [-0.2, 0) is 0 Å². The van der Waals surface area contributed by atoms with Crippen LogP contribution in [0.4, 0.5) is 33.3 Å². The van der Waals surface area contributed by atoms with Crippen molar-refractivity contribution in [2.45, 2.75) is 20.3 Å². The molecule has 0 spiro atoms. The number of piperidine rings is 1. The van der Waals surface area contributed by atoms with Crippen molar-refractivity contribution in [3.05, 3.63) is 40.2 Å². The lowest BCUT2D eigenvalue weighted by molar-refractivity contribution is -0.383. The number of halogens is 1. The highest BCUT2D eigenvalue weighted by Gasteiger charge is 2.31. The molecule has 1 saturated heterocycles. The van der Waals surface area contributed by atoms with Crippen LogP contribution in [0.15, 0.2) is 24.3 Å². The molecular weight excluding hydrogens is 339 g/mol. The van der Waals surface area contributed by atoms with E-state index in [1.54, 1.807) is 12.1 Å². The molecule has 0 radical (unpaired) electrons. The van der Waals surface area contributed by atoms with Gasteiger partial charge in [-0.25, -0.2) is 4.39 Å². The topological polar surface area (TPSA) is 110 Å². The summed E-state index contributed by atoms with van der Waals surface area (Å²) in [6.07, 6.45) is 1.05. The molecular formula is C17H21FN6O2. The largest absolute Gasteiger partial charge is 0.378 e. The zero-order chi connectivity index (χ0) is 18.8. The van der Waals surface area contributed by atoms with Crippen LogP contribution in [0.2, 0.25) is 0 Å². The van der Waals surface area contributed by atoms with Gasteiger partial charge < -0.3 is 16.0 Å². The highest BCUT2D eigenvalue weighted by molar-refractivity contribution is 5.72. The van der Waals surface area contributed by atoms with Crippen LogP contribution in [0.1, 0.15) is 20.3 Å². The van der Waals surface area contributed by atoms with Gasteiger partial charge in [-0.15, -0.1) is 0 Å². The van der Waals surface area contributed by atoms with Gasteiger partial charge in [-0.2, -0.15) is 9.97 Å². The third-order valence-corrected chi connectivity index (χ3v) is 4.36. The second kappa shape index (κ2) is 7.11. The minimum absolute atomic E-state index is 0.0269. The zero-order valence-electron chi connectivity index (χ0n) is 14.6. The first kappa shape index (κ1) is 17.8. The van der Waals surface area contributed by atoms with Crippen molar-refractivity contribution in [2.24, 2.45) is 11.8 Å². The maximum absolute atomic E-state index is 13.9. The van der Waals surface area contributed by atoms with Gasteiger partial charge in [0.15, 0.2) is 0 Å². The number of para-hydroxylation sites is 1. The van der Waals surface area contributed by atoms with Crippen LogP contribution >= 0.6 is 0 Å². The molecule has 138 valence electrons. The molecule has 2 aromatic rings. The van der Waals surface area contributed by atoms with Crippen molar-refractivity contribution in [3.63, 3.8) is 0 Å². The summed E-state index contributed by atoms with van der Waals surface area (Å²) in [4.78, 5) is 21.0. The minimum Gasteiger partial charge on any atom is -0.378 e. The number of anilines is 4. The Bertz CT molecular complexity index is 821. The first-order chi connectivity index (χ1) is 12.3. The summed E-state index contributed by atoms with van der Waals surface area (Å²) in [5.41, 5.74) is 5.70. The van der Waals surface area contributed by atoms with E-state index in [9.17, 15) is 14.5 Å². The van der Waals surface area contributed by atoms with Crippen molar-refractivity contribution in [2.75, 3.05) is 29.0 Å². The van der Waals surface area contributed by atoms with Crippen molar-refractivity contribution in [3.8, 4) is 0 Å². The Morgan fingerprint density at radius 3 is 2.54 bits per heavy atom. The summed E-state index contributed by atoms with van der Waals surface area (Å²) in [5.74, 6) is 0.216. The maximum Gasteiger partial charge on any atom is 0.353 e. The molecule has 26 heavy (non-hydrogen) atoms. The minimum atomic E-state index is -0.568. The number of nitro groups is 1.